The summed E-state index contributed by atoms with van der Waals surface area (Å²) in [5.41, 5.74) is 2.12. The van der Waals surface area contributed by atoms with Crippen molar-refractivity contribution < 1.29 is 4.79 Å². The Hall–Kier alpha value is -2.62. The van der Waals surface area contributed by atoms with Crippen LogP contribution in [0.15, 0.2) is 67.0 Å². The van der Waals surface area contributed by atoms with Crippen LogP contribution in [0.3, 0.4) is 0 Å². The monoisotopic (exact) mass is 281 g/mol. The Morgan fingerprint density at radius 2 is 2.10 bits per heavy atom. The van der Waals surface area contributed by atoms with Gasteiger partial charge in [-0.15, -0.1) is 0 Å². The Bertz CT molecular complexity index is 626. The average Bonchev–Trinajstić information content (AvgIpc) is 2.97. The van der Waals surface area contributed by atoms with Crippen molar-refractivity contribution in [3.63, 3.8) is 0 Å². The van der Waals surface area contributed by atoms with Crippen LogP contribution >= 0.6 is 0 Å². The van der Waals surface area contributed by atoms with E-state index in [1.807, 2.05) is 66.5 Å². The summed E-state index contributed by atoms with van der Waals surface area (Å²) in [7, 11) is 0. The van der Waals surface area contributed by atoms with Crippen LogP contribution in [0.1, 0.15) is 12.5 Å². The molecule has 0 aliphatic carbocycles. The van der Waals surface area contributed by atoms with Crippen LogP contribution in [0.4, 0.5) is 0 Å². The second-order valence-corrected chi connectivity index (χ2v) is 4.55. The van der Waals surface area contributed by atoms with Crippen LogP contribution in [-0.4, -0.2) is 22.2 Å². The summed E-state index contributed by atoms with van der Waals surface area (Å²) in [6, 6.07) is 9.95. The molecule has 0 bridgehead atoms. The van der Waals surface area contributed by atoms with Crippen molar-refractivity contribution in [1.29, 1.82) is 0 Å². The molecule has 1 aromatic heterocycles. The van der Waals surface area contributed by atoms with Gasteiger partial charge in [0.25, 0.3) is 0 Å². The highest BCUT2D eigenvalue weighted by Gasteiger charge is 2.01. The molecule has 108 valence electrons. The lowest BCUT2D eigenvalue weighted by Gasteiger charge is -2.00. The van der Waals surface area contributed by atoms with Crippen molar-refractivity contribution >= 4 is 5.91 Å². The first-order valence-corrected chi connectivity index (χ1v) is 6.96. The smallest absolute Gasteiger partial charge is 0.243 e. The lowest BCUT2D eigenvalue weighted by molar-refractivity contribution is -0.116. The molecule has 2 rings (SSSR count). The molecule has 0 aliphatic heterocycles. The van der Waals surface area contributed by atoms with E-state index in [1.54, 1.807) is 6.08 Å². The van der Waals surface area contributed by atoms with Gasteiger partial charge in [0.05, 0.1) is 11.9 Å². The van der Waals surface area contributed by atoms with Gasteiger partial charge in [0, 0.05) is 18.8 Å². The van der Waals surface area contributed by atoms with Gasteiger partial charge in [-0.3, -0.25) is 4.79 Å². The fraction of sp³-hybridized carbons (Fsp3) is 0.176. The second-order valence-electron chi connectivity index (χ2n) is 4.55. The van der Waals surface area contributed by atoms with Crippen LogP contribution < -0.4 is 5.32 Å². The maximum atomic E-state index is 11.5. The van der Waals surface area contributed by atoms with Gasteiger partial charge in [0.15, 0.2) is 0 Å². The minimum absolute atomic E-state index is 0.0800. The zero-order valence-electron chi connectivity index (χ0n) is 12.1. The highest BCUT2D eigenvalue weighted by molar-refractivity contribution is 5.87. The predicted molar refractivity (Wildman–Crippen MR) is 84.2 cm³/mol. The lowest BCUT2D eigenvalue weighted by Crippen LogP contribution is -2.23. The van der Waals surface area contributed by atoms with Gasteiger partial charge >= 0.3 is 0 Å². The van der Waals surface area contributed by atoms with Crippen LogP contribution in [0, 0.1) is 0 Å². The van der Waals surface area contributed by atoms with Gasteiger partial charge in [0.1, 0.15) is 0 Å². The van der Waals surface area contributed by atoms with E-state index < -0.39 is 0 Å². The van der Waals surface area contributed by atoms with Crippen molar-refractivity contribution in [2.75, 3.05) is 6.54 Å². The molecule has 2 aromatic rings. The Labute approximate surface area is 124 Å². The van der Waals surface area contributed by atoms with Crippen molar-refractivity contribution in [3.05, 3.63) is 72.6 Å². The van der Waals surface area contributed by atoms with Crippen LogP contribution in [0.2, 0.25) is 0 Å². The molecule has 0 saturated carbocycles. The number of carbonyl (C=O) groups excluding carboxylic acids is 1. The Morgan fingerprint density at radius 3 is 2.86 bits per heavy atom. The largest absolute Gasteiger partial charge is 0.352 e. The fourth-order valence-corrected chi connectivity index (χ4v) is 1.85. The van der Waals surface area contributed by atoms with E-state index in [2.05, 4.69) is 10.4 Å². The number of rotatable bonds is 6. The van der Waals surface area contributed by atoms with Crippen LogP contribution in [-0.2, 0) is 11.2 Å². The molecular formula is C17H19N3O. The zero-order valence-corrected chi connectivity index (χ0v) is 12.1. The van der Waals surface area contributed by atoms with Crippen molar-refractivity contribution in [1.82, 2.24) is 15.1 Å². The fourth-order valence-electron chi connectivity index (χ4n) is 1.85. The minimum Gasteiger partial charge on any atom is -0.352 e. The molecule has 0 spiro atoms. The summed E-state index contributed by atoms with van der Waals surface area (Å²) in [6.07, 6.45) is 11.5. The van der Waals surface area contributed by atoms with E-state index in [9.17, 15) is 4.79 Å². The average molecular weight is 281 g/mol. The van der Waals surface area contributed by atoms with Gasteiger partial charge in [-0.25, -0.2) is 4.68 Å². The zero-order chi connectivity index (χ0) is 14.9. The second kappa shape index (κ2) is 7.85. The maximum Gasteiger partial charge on any atom is 0.243 e. The van der Waals surface area contributed by atoms with Crippen LogP contribution in [0.25, 0.3) is 5.69 Å². The first kappa shape index (κ1) is 14.8. The highest BCUT2D eigenvalue weighted by Crippen LogP contribution is 2.07. The number of carbonyl (C=O) groups is 1. The third-order valence-electron chi connectivity index (χ3n) is 2.92. The van der Waals surface area contributed by atoms with E-state index in [-0.39, 0.29) is 5.91 Å². The van der Waals surface area contributed by atoms with Crippen LogP contribution in [0.5, 0.6) is 0 Å². The molecule has 1 heterocycles. The summed E-state index contributed by atoms with van der Waals surface area (Å²) in [6.45, 7) is 2.51. The summed E-state index contributed by atoms with van der Waals surface area (Å²) in [5, 5.41) is 7.17. The molecule has 0 aliphatic rings. The number of allylic oxidation sites excluding steroid dienone is 3. The van der Waals surface area contributed by atoms with Gasteiger partial charge in [-0.2, -0.15) is 5.10 Å². The first-order chi connectivity index (χ1) is 10.3. The molecule has 0 unspecified atom stereocenters. The van der Waals surface area contributed by atoms with E-state index in [1.165, 1.54) is 6.08 Å². The summed E-state index contributed by atoms with van der Waals surface area (Å²) in [4.78, 5) is 11.5. The predicted octanol–water partition coefficient (Wildman–Crippen LogP) is 2.66. The molecule has 1 amide bonds. The lowest BCUT2D eigenvalue weighted by atomic mass is 10.2. The number of aromatic nitrogens is 2. The standard InChI is InChI=1S/C17H19N3O/c1-2-3-5-10-17(21)18-12-11-15-13-19-20(14-15)16-8-6-4-7-9-16/h2-10,13-14H,11-12H2,1H3,(H,18,21)/b3-2+,10-5+. The molecule has 0 atom stereocenters. The SMILES string of the molecule is C/C=C/C=C/C(=O)NCCc1cnn(-c2ccccc2)c1. The molecule has 0 fully saturated rings. The molecule has 0 saturated heterocycles. The van der Waals surface area contributed by atoms with Gasteiger partial charge < -0.3 is 5.32 Å². The third-order valence-corrected chi connectivity index (χ3v) is 2.92. The van der Waals surface area contributed by atoms with Crippen molar-refractivity contribution in [3.8, 4) is 5.69 Å². The summed E-state index contributed by atoms with van der Waals surface area (Å²) < 4.78 is 1.84. The molecule has 0 radical (unpaired) electrons. The van der Waals surface area contributed by atoms with Gasteiger partial charge in [0.2, 0.25) is 5.91 Å². The molecule has 4 heteroatoms. The molecule has 21 heavy (non-hydrogen) atoms. The van der Waals surface area contributed by atoms with E-state index in [0.717, 1.165) is 17.7 Å². The number of para-hydroxylation sites is 1. The number of hydrogen-bond acceptors (Lipinski definition) is 2. The Balaban J connectivity index is 1.82. The van der Waals surface area contributed by atoms with Gasteiger partial charge in [-0.1, -0.05) is 36.4 Å². The number of benzene rings is 1. The Morgan fingerprint density at radius 1 is 1.29 bits per heavy atom. The van der Waals surface area contributed by atoms with E-state index in [0.29, 0.717) is 6.54 Å². The summed E-state index contributed by atoms with van der Waals surface area (Å²) in [5.74, 6) is -0.0800. The first-order valence-electron chi connectivity index (χ1n) is 6.96. The van der Waals surface area contributed by atoms with E-state index in [4.69, 9.17) is 0 Å². The number of amides is 1. The Kier molecular flexibility index (Phi) is 5.52. The van der Waals surface area contributed by atoms with Gasteiger partial charge in [-0.05, 0) is 31.0 Å². The number of nitrogens with one attached hydrogen (secondary N) is 1. The summed E-state index contributed by atoms with van der Waals surface area (Å²) >= 11 is 0. The topological polar surface area (TPSA) is 46.9 Å². The molecular weight excluding hydrogens is 262 g/mol. The number of hydrogen-bond donors (Lipinski definition) is 1. The normalized spacial score (nSPS) is 11.3. The quantitative estimate of drug-likeness (QED) is 0.653. The highest BCUT2D eigenvalue weighted by atomic mass is 16.1. The third kappa shape index (κ3) is 4.76. The number of nitrogens with zero attached hydrogens (tertiary/aromatic N) is 2. The molecule has 1 aromatic carbocycles. The van der Waals surface area contributed by atoms with E-state index >= 15 is 0 Å². The van der Waals surface area contributed by atoms with Crippen molar-refractivity contribution in [2.45, 2.75) is 13.3 Å². The molecule has 4 nitrogen and oxygen atoms in total. The molecule has 1 N–H and O–H groups in total. The minimum atomic E-state index is -0.0800. The van der Waals surface area contributed by atoms with Crippen molar-refractivity contribution in [2.24, 2.45) is 0 Å². The maximum absolute atomic E-state index is 11.5.